The zero-order valence-electron chi connectivity index (χ0n) is 12.0. The number of hydrogen-bond acceptors (Lipinski definition) is 6. The number of carbonyl (C=O) groups excluding carboxylic acids is 1. The van der Waals surface area contributed by atoms with Crippen LogP contribution in [0.25, 0.3) is 0 Å². The fourth-order valence-corrected chi connectivity index (χ4v) is 5.18. The standard InChI is InChI=1S/C12H11BrN2O6S3/c1-23(17,18)15(24(19,20)21)10-6-8(13)5-9(7-10)14-12(16)11-3-2-4-22-11/h2-7H,1H3,(H,14,16)(H,19,20,21). The minimum atomic E-state index is -5.07. The van der Waals surface area contributed by atoms with E-state index in [9.17, 15) is 26.2 Å². The van der Waals surface area contributed by atoms with Crippen LogP contribution in [0.1, 0.15) is 9.67 Å². The van der Waals surface area contributed by atoms with Gasteiger partial charge in [-0.25, -0.2) is 8.42 Å². The van der Waals surface area contributed by atoms with E-state index in [2.05, 4.69) is 21.2 Å². The molecule has 0 aliphatic heterocycles. The molecule has 0 saturated carbocycles. The lowest BCUT2D eigenvalue weighted by molar-refractivity contribution is 0.103. The van der Waals surface area contributed by atoms with Crippen molar-refractivity contribution in [2.75, 3.05) is 15.3 Å². The minimum Gasteiger partial charge on any atom is -0.321 e. The molecule has 12 heteroatoms. The van der Waals surface area contributed by atoms with Crippen LogP contribution in [-0.4, -0.2) is 33.6 Å². The van der Waals surface area contributed by atoms with Gasteiger partial charge in [0.05, 0.1) is 16.8 Å². The normalized spacial score (nSPS) is 12.0. The molecule has 130 valence electrons. The van der Waals surface area contributed by atoms with Gasteiger partial charge in [-0.1, -0.05) is 22.0 Å². The average molecular weight is 455 g/mol. The van der Waals surface area contributed by atoms with Crippen LogP contribution in [0.4, 0.5) is 11.4 Å². The predicted octanol–water partition coefficient (Wildman–Crippen LogP) is 2.33. The van der Waals surface area contributed by atoms with Gasteiger partial charge >= 0.3 is 10.3 Å². The van der Waals surface area contributed by atoms with Crippen LogP contribution in [0.5, 0.6) is 0 Å². The first-order valence-electron chi connectivity index (χ1n) is 6.12. The van der Waals surface area contributed by atoms with Crippen molar-refractivity contribution in [2.45, 2.75) is 0 Å². The molecule has 0 spiro atoms. The van der Waals surface area contributed by atoms with E-state index in [0.29, 0.717) is 15.6 Å². The van der Waals surface area contributed by atoms with Crippen molar-refractivity contribution in [1.29, 1.82) is 0 Å². The summed E-state index contributed by atoms with van der Waals surface area (Å²) in [4.78, 5) is 12.5. The van der Waals surface area contributed by atoms with Crippen LogP contribution < -0.4 is 9.03 Å². The molecule has 2 N–H and O–H groups in total. The van der Waals surface area contributed by atoms with Crippen molar-refractivity contribution >= 4 is 64.9 Å². The fraction of sp³-hybridized carbons (Fsp3) is 0.0833. The monoisotopic (exact) mass is 454 g/mol. The van der Waals surface area contributed by atoms with Gasteiger partial charge in [-0.15, -0.1) is 15.0 Å². The van der Waals surface area contributed by atoms with E-state index in [1.54, 1.807) is 17.5 Å². The molecule has 0 saturated heterocycles. The summed E-state index contributed by atoms with van der Waals surface area (Å²) in [7, 11) is -9.38. The Labute approximate surface area is 151 Å². The number of carbonyl (C=O) groups is 1. The molecule has 0 fully saturated rings. The van der Waals surface area contributed by atoms with E-state index in [1.165, 1.54) is 23.5 Å². The van der Waals surface area contributed by atoms with Crippen LogP contribution in [0.2, 0.25) is 0 Å². The number of sulfonamides is 1. The van der Waals surface area contributed by atoms with Crippen LogP contribution >= 0.6 is 27.3 Å². The molecule has 1 amide bonds. The number of rotatable bonds is 5. The van der Waals surface area contributed by atoms with Crippen molar-refractivity contribution in [2.24, 2.45) is 0 Å². The molecule has 0 radical (unpaired) electrons. The molecule has 1 heterocycles. The van der Waals surface area contributed by atoms with Crippen molar-refractivity contribution in [1.82, 2.24) is 0 Å². The number of nitrogens with zero attached hydrogens (tertiary/aromatic N) is 1. The summed E-state index contributed by atoms with van der Waals surface area (Å²) in [5, 5.41) is 4.24. The highest BCUT2D eigenvalue weighted by atomic mass is 79.9. The average Bonchev–Trinajstić information content (AvgIpc) is 2.87. The fourth-order valence-electron chi connectivity index (χ4n) is 1.85. The molecule has 2 aromatic rings. The van der Waals surface area contributed by atoms with E-state index < -0.39 is 26.2 Å². The Bertz CT molecular complexity index is 938. The number of nitrogens with one attached hydrogen (secondary N) is 1. The molecular formula is C12H11BrN2O6S3. The van der Waals surface area contributed by atoms with E-state index in [4.69, 9.17) is 0 Å². The lowest BCUT2D eigenvalue weighted by Gasteiger charge is -2.19. The first-order chi connectivity index (χ1) is 11.0. The molecule has 0 atom stereocenters. The van der Waals surface area contributed by atoms with Gasteiger partial charge in [0.2, 0.25) is 10.0 Å². The number of amides is 1. The van der Waals surface area contributed by atoms with E-state index in [1.807, 2.05) is 0 Å². The molecule has 0 aliphatic carbocycles. The highest BCUT2D eigenvalue weighted by molar-refractivity contribution is 9.10. The lowest BCUT2D eigenvalue weighted by Crippen LogP contribution is -2.35. The summed E-state index contributed by atoms with van der Waals surface area (Å²) in [6.45, 7) is 0. The molecule has 0 aliphatic rings. The van der Waals surface area contributed by atoms with Crippen LogP contribution in [0.15, 0.2) is 40.2 Å². The summed E-state index contributed by atoms with van der Waals surface area (Å²) < 4.78 is 55.6. The maximum atomic E-state index is 12.0. The summed E-state index contributed by atoms with van der Waals surface area (Å²) in [5.74, 6) is -0.438. The van der Waals surface area contributed by atoms with Gasteiger partial charge in [0, 0.05) is 10.2 Å². The first kappa shape index (κ1) is 18.9. The zero-order valence-corrected chi connectivity index (χ0v) is 16.0. The summed E-state index contributed by atoms with van der Waals surface area (Å²) in [6, 6.07) is 7.04. The summed E-state index contributed by atoms with van der Waals surface area (Å²) in [6.07, 6.45) is 0.631. The van der Waals surface area contributed by atoms with E-state index in [0.717, 1.165) is 6.07 Å². The number of halogens is 1. The molecule has 0 unspecified atom stereocenters. The van der Waals surface area contributed by atoms with Gasteiger partial charge in [-0.2, -0.15) is 8.42 Å². The Morgan fingerprint density at radius 3 is 2.42 bits per heavy atom. The van der Waals surface area contributed by atoms with Gasteiger partial charge in [0.1, 0.15) is 0 Å². The van der Waals surface area contributed by atoms with Crippen LogP contribution in [0, 0.1) is 0 Å². The molecule has 8 nitrogen and oxygen atoms in total. The second-order valence-electron chi connectivity index (χ2n) is 4.57. The number of benzene rings is 1. The number of hydrogen-bond donors (Lipinski definition) is 2. The SMILES string of the molecule is CS(=O)(=O)N(c1cc(Br)cc(NC(=O)c2cccs2)c1)S(=O)(=O)O. The second-order valence-corrected chi connectivity index (χ2v) is 9.75. The van der Waals surface area contributed by atoms with Gasteiger partial charge in [-0.05, 0) is 29.6 Å². The predicted molar refractivity (Wildman–Crippen MR) is 95.3 cm³/mol. The Balaban J connectivity index is 2.46. The molecule has 1 aromatic heterocycles. The second kappa shape index (κ2) is 6.80. The molecule has 24 heavy (non-hydrogen) atoms. The Morgan fingerprint density at radius 1 is 1.25 bits per heavy atom. The Hall–Kier alpha value is -1.47. The zero-order chi connectivity index (χ0) is 18.1. The van der Waals surface area contributed by atoms with Crippen molar-refractivity contribution in [3.63, 3.8) is 0 Å². The van der Waals surface area contributed by atoms with Gasteiger partial charge in [-0.3, -0.25) is 9.35 Å². The maximum absolute atomic E-state index is 12.0. The van der Waals surface area contributed by atoms with Crippen molar-refractivity contribution < 1.29 is 26.2 Å². The highest BCUT2D eigenvalue weighted by Gasteiger charge is 2.30. The number of anilines is 2. The number of thiophene rings is 1. The Morgan fingerprint density at radius 2 is 1.92 bits per heavy atom. The lowest BCUT2D eigenvalue weighted by atomic mass is 10.3. The van der Waals surface area contributed by atoms with Gasteiger partial charge in [0.15, 0.2) is 0 Å². The molecule has 0 bridgehead atoms. The third kappa shape index (κ3) is 4.54. The van der Waals surface area contributed by atoms with E-state index >= 15 is 0 Å². The maximum Gasteiger partial charge on any atom is 0.373 e. The first-order valence-corrected chi connectivity index (χ1v) is 11.0. The van der Waals surface area contributed by atoms with Crippen LogP contribution in [0.3, 0.4) is 0 Å². The quantitative estimate of drug-likeness (QED) is 0.668. The minimum absolute atomic E-state index is 0.133. The van der Waals surface area contributed by atoms with Crippen molar-refractivity contribution in [3.8, 4) is 0 Å². The smallest absolute Gasteiger partial charge is 0.321 e. The highest BCUT2D eigenvalue weighted by Crippen LogP contribution is 2.29. The third-order valence-electron chi connectivity index (χ3n) is 2.61. The summed E-state index contributed by atoms with van der Waals surface area (Å²) in [5.41, 5.74) is -0.203. The Kier molecular flexibility index (Phi) is 5.34. The topological polar surface area (TPSA) is 121 Å². The molecule has 2 rings (SSSR count). The molecule has 1 aromatic carbocycles. The van der Waals surface area contributed by atoms with Crippen LogP contribution in [-0.2, 0) is 20.3 Å². The van der Waals surface area contributed by atoms with E-state index in [-0.39, 0.29) is 15.1 Å². The van der Waals surface area contributed by atoms with Crippen molar-refractivity contribution in [3.05, 3.63) is 45.1 Å². The molecular weight excluding hydrogens is 444 g/mol. The third-order valence-corrected chi connectivity index (χ3v) is 6.75. The largest absolute Gasteiger partial charge is 0.373 e. The van der Waals surface area contributed by atoms with Gasteiger partial charge < -0.3 is 5.32 Å². The van der Waals surface area contributed by atoms with Gasteiger partial charge in [0.25, 0.3) is 5.91 Å². The summed E-state index contributed by atoms with van der Waals surface area (Å²) >= 11 is 4.31.